The van der Waals surface area contributed by atoms with Gasteiger partial charge in [0.25, 0.3) is 0 Å². The molecule has 1 aromatic rings. The number of carbonyl (C=O) groups is 2. The smallest absolute Gasteiger partial charge is 0.319 e. The van der Waals surface area contributed by atoms with Crippen LogP contribution in [0.25, 0.3) is 0 Å². The number of carbonyl (C=O) groups excluding carboxylic acids is 2. The SMILES string of the molecule is CCCNC(=O)C(C)NC(=O)Nc1ccc(Cl)cc1C. The molecule has 0 aliphatic carbocycles. The fourth-order valence-electron chi connectivity index (χ4n) is 1.59. The molecule has 0 fully saturated rings. The molecule has 20 heavy (non-hydrogen) atoms. The summed E-state index contributed by atoms with van der Waals surface area (Å²) >= 11 is 5.85. The van der Waals surface area contributed by atoms with Crippen molar-refractivity contribution >= 4 is 29.2 Å². The Morgan fingerprint density at radius 1 is 1.35 bits per heavy atom. The summed E-state index contributed by atoms with van der Waals surface area (Å²) in [7, 11) is 0. The Balaban J connectivity index is 2.52. The summed E-state index contributed by atoms with van der Waals surface area (Å²) in [6, 6.07) is 4.17. The molecule has 3 N–H and O–H groups in total. The van der Waals surface area contributed by atoms with Crippen LogP contribution in [0.4, 0.5) is 10.5 Å². The van der Waals surface area contributed by atoms with E-state index in [0.29, 0.717) is 17.3 Å². The standard InChI is InChI=1S/C14H20ClN3O2/c1-4-7-16-13(19)10(3)17-14(20)18-12-6-5-11(15)8-9(12)2/h5-6,8,10H,4,7H2,1-3H3,(H,16,19)(H2,17,18,20). The van der Waals surface area contributed by atoms with Gasteiger partial charge in [0.2, 0.25) is 5.91 Å². The molecule has 0 spiro atoms. The van der Waals surface area contributed by atoms with Gasteiger partial charge in [-0.3, -0.25) is 4.79 Å². The molecule has 0 bridgehead atoms. The highest BCUT2D eigenvalue weighted by Gasteiger charge is 2.15. The third kappa shape index (κ3) is 5.09. The molecular formula is C14H20ClN3O2. The van der Waals surface area contributed by atoms with Crippen molar-refractivity contribution in [1.29, 1.82) is 0 Å². The number of aryl methyl sites for hydroxylation is 1. The van der Waals surface area contributed by atoms with Gasteiger partial charge in [-0.05, 0) is 44.0 Å². The van der Waals surface area contributed by atoms with Gasteiger partial charge in [-0.2, -0.15) is 0 Å². The molecule has 0 heterocycles. The molecule has 0 saturated heterocycles. The summed E-state index contributed by atoms with van der Waals surface area (Å²) in [5.41, 5.74) is 1.52. The maximum Gasteiger partial charge on any atom is 0.319 e. The number of urea groups is 1. The average Bonchev–Trinajstić information content (AvgIpc) is 2.39. The van der Waals surface area contributed by atoms with Crippen molar-refractivity contribution in [1.82, 2.24) is 10.6 Å². The predicted molar refractivity (Wildman–Crippen MR) is 81.1 cm³/mol. The monoisotopic (exact) mass is 297 g/mol. The van der Waals surface area contributed by atoms with Gasteiger partial charge < -0.3 is 16.0 Å². The van der Waals surface area contributed by atoms with E-state index in [9.17, 15) is 9.59 Å². The first kappa shape index (κ1) is 16.3. The maximum absolute atomic E-state index is 11.8. The van der Waals surface area contributed by atoms with Gasteiger partial charge in [-0.25, -0.2) is 4.79 Å². The highest BCUT2D eigenvalue weighted by molar-refractivity contribution is 6.30. The lowest BCUT2D eigenvalue weighted by atomic mass is 10.2. The number of hydrogen-bond acceptors (Lipinski definition) is 2. The van der Waals surface area contributed by atoms with E-state index in [-0.39, 0.29) is 5.91 Å². The lowest BCUT2D eigenvalue weighted by Gasteiger charge is -2.15. The number of halogens is 1. The minimum absolute atomic E-state index is 0.199. The first-order chi connectivity index (χ1) is 9.43. The summed E-state index contributed by atoms with van der Waals surface area (Å²) in [5, 5.41) is 8.61. The van der Waals surface area contributed by atoms with Crippen molar-refractivity contribution < 1.29 is 9.59 Å². The van der Waals surface area contributed by atoms with Crippen LogP contribution in [-0.4, -0.2) is 24.5 Å². The zero-order chi connectivity index (χ0) is 15.1. The van der Waals surface area contributed by atoms with Crippen molar-refractivity contribution in [3.8, 4) is 0 Å². The molecule has 1 atom stereocenters. The molecule has 3 amide bonds. The zero-order valence-corrected chi connectivity index (χ0v) is 12.7. The van der Waals surface area contributed by atoms with E-state index in [1.807, 2.05) is 13.8 Å². The zero-order valence-electron chi connectivity index (χ0n) is 11.9. The molecule has 1 rings (SSSR count). The molecule has 0 saturated carbocycles. The summed E-state index contributed by atoms with van der Waals surface area (Å²) < 4.78 is 0. The molecule has 6 heteroatoms. The number of amides is 3. The molecule has 0 radical (unpaired) electrons. The van der Waals surface area contributed by atoms with Crippen molar-refractivity contribution in [3.63, 3.8) is 0 Å². The van der Waals surface area contributed by atoms with E-state index in [2.05, 4.69) is 16.0 Å². The minimum Gasteiger partial charge on any atom is -0.354 e. The van der Waals surface area contributed by atoms with Crippen LogP contribution in [0.15, 0.2) is 18.2 Å². The van der Waals surface area contributed by atoms with Gasteiger partial charge in [0.15, 0.2) is 0 Å². The van der Waals surface area contributed by atoms with Crippen LogP contribution in [0, 0.1) is 6.92 Å². The van der Waals surface area contributed by atoms with Crippen LogP contribution in [0.2, 0.25) is 5.02 Å². The van der Waals surface area contributed by atoms with Crippen molar-refractivity contribution in [2.75, 3.05) is 11.9 Å². The quantitative estimate of drug-likeness (QED) is 0.782. The molecule has 110 valence electrons. The van der Waals surface area contributed by atoms with Gasteiger partial charge in [-0.1, -0.05) is 18.5 Å². The molecule has 0 aromatic heterocycles. The fourth-order valence-corrected chi connectivity index (χ4v) is 1.82. The van der Waals surface area contributed by atoms with E-state index in [4.69, 9.17) is 11.6 Å². The highest BCUT2D eigenvalue weighted by Crippen LogP contribution is 2.19. The van der Waals surface area contributed by atoms with E-state index >= 15 is 0 Å². The molecule has 1 aromatic carbocycles. The Labute approximate surface area is 124 Å². The Bertz CT molecular complexity index is 491. The summed E-state index contributed by atoms with van der Waals surface area (Å²) in [6.07, 6.45) is 0.856. The first-order valence-corrected chi connectivity index (χ1v) is 6.93. The summed E-state index contributed by atoms with van der Waals surface area (Å²) in [5.74, 6) is -0.199. The van der Waals surface area contributed by atoms with Crippen LogP contribution in [0.5, 0.6) is 0 Å². The lowest BCUT2D eigenvalue weighted by molar-refractivity contribution is -0.122. The normalized spacial score (nSPS) is 11.6. The second-order valence-electron chi connectivity index (χ2n) is 4.57. The first-order valence-electron chi connectivity index (χ1n) is 6.55. The van der Waals surface area contributed by atoms with E-state index in [0.717, 1.165) is 12.0 Å². The Hall–Kier alpha value is -1.75. The van der Waals surface area contributed by atoms with Crippen LogP contribution >= 0.6 is 11.6 Å². The van der Waals surface area contributed by atoms with Gasteiger partial charge in [-0.15, -0.1) is 0 Å². The van der Waals surface area contributed by atoms with Crippen molar-refractivity contribution in [2.45, 2.75) is 33.2 Å². The van der Waals surface area contributed by atoms with Gasteiger partial charge in [0, 0.05) is 17.3 Å². The Morgan fingerprint density at radius 2 is 2.05 bits per heavy atom. The molecular weight excluding hydrogens is 278 g/mol. The second-order valence-corrected chi connectivity index (χ2v) is 5.01. The fraction of sp³-hybridized carbons (Fsp3) is 0.429. The largest absolute Gasteiger partial charge is 0.354 e. The minimum atomic E-state index is -0.589. The third-order valence-electron chi connectivity index (χ3n) is 2.73. The summed E-state index contributed by atoms with van der Waals surface area (Å²) in [6.45, 7) is 6.05. The molecule has 0 aliphatic rings. The van der Waals surface area contributed by atoms with Gasteiger partial charge in [0.05, 0.1) is 0 Å². The van der Waals surface area contributed by atoms with E-state index < -0.39 is 12.1 Å². The summed E-state index contributed by atoms with van der Waals surface area (Å²) in [4.78, 5) is 23.4. The number of nitrogens with one attached hydrogen (secondary N) is 3. The lowest BCUT2D eigenvalue weighted by Crippen LogP contribution is -2.46. The second kappa shape index (κ2) is 7.75. The Morgan fingerprint density at radius 3 is 2.65 bits per heavy atom. The van der Waals surface area contributed by atoms with Crippen LogP contribution < -0.4 is 16.0 Å². The van der Waals surface area contributed by atoms with Crippen LogP contribution in [-0.2, 0) is 4.79 Å². The van der Waals surface area contributed by atoms with Crippen molar-refractivity contribution in [2.24, 2.45) is 0 Å². The van der Waals surface area contributed by atoms with Crippen LogP contribution in [0.1, 0.15) is 25.8 Å². The van der Waals surface area contributed by atoms with E-state index in [1.165, 1.54) is 0 Å². The molecule has 0 aliphatic heterocycles. The molecule has 5 nitrogen and oxygen atoms in total. The number of hydrogen-bond donors (Lipinski definition) is 3. The van der Waals surface area contributed by atoms with E-state index in [1.54, 1.807) is 25.1 Å². The number of anilines is 1. The average molecular weight is 298 g/mol. The molecule has 1 unspecified atom stereocenters. The topological polar surface area (TPSA) is 70.2 Å². The number of rotatable bonds is 5. The number of benzene rings is 1. The van der Waals surface area contributed by atoms with Crippen molar-refractivity contribution in [3.05, 3.63) is 28.8 Å². The predicted octanol–water partition coefficient (Wildman–Crippen LogP) is 2.68. The highest BCUT2D eigenvalue weighted by atomic mass is 35.5. The van der Waals surface area contributed by atoms with Crippen LogP contribution in [0.3, 0.4) is 0 Å². The Kier molecular flexibility index (Phi) is 6.31. The third-order valence-corrected chi connectivity index (χ3v) is 2.96. The maximum atomic E-state index is 11.8. The van der Waals surface area contributed by atoms with Gasteiger partial charge in [0.1, 0.15) is 6.04 Å². The van der Waals surface area contributed by atoms with Gasteiger partial charge >= 0.3 is 6.03 Å².